The first-order valence-electron chi connectivity index (χ1n) is 7.21. The third-order valence-electron chi connectivity index (χ3n) is 3.71. The molecule has 0 aliphatic rings. The Balaban J connectivity index is 0.00000264. The summed E-state index contributed by atoms with van der Waals surface area (Å²) in [6, 6.07) is 14.9. The number of hydrogen-bond donors (Lipinski definition) is 2. The lowest BCUT2D eigenvalue weighted by molar-refractivity contribution is 0.0945. The second-order valence-electron chi connectivity index (χ2n) is 5.92. The quantitative estimate of drug-likeness (QED) is 0.824. The van der Waals surface area contributed by atoms with Gasteiger partial charge in [0.15, 0.2) is 0 Å². The Bertz CT molecular complexity index is 654. The largest absolute Gasteiger partial charge is 0.497 e. The fourth-order valence-corrected chi connectivity index (χ4v) is 2.23. The molecule has 3 N–H and O–H groups in total. The van der Waals surface area contributed by atoms with E-state index in [4.69, 9.17) is 10.5 Å². The van der Waals surface area contributed by atoms with Gasteiger partial charge in [0.1, 0.15) is 5.75 Å². The smallest absolute Gasteiger partial charge is 0.251 e. The van der Waals surface area contributed by atoms with Crippen molar-refractivity contribution in [1.82, 2.24) is 5.32 Å². The zero-order valence-corrected chi connectivity index (χ0v) is 14.4. The molecular formula is C18H23ClN2O2. The van der Waals surface area contributed by atoms with E-state index in [1.54, 1.807) is 31.4 Å². The number of carbonyl (C=O) groups is 1. The molecule has 0 unspecified atom stereocenters. The SMILES string of the molecule is COc1ccc(C(C)(C)CNC(=O)c2cccc(N)c2)cc1.Cl. The van der Waals surface area contributed by atoms with Gasteiger partial charge in [-0.2, -0.15) is 0 Å². The molecule has 5 heteroatoms. The van der Waals surface area contributed by atoms with Gasteiger partial charge < -0.3 is 15.8 Å². The van der Waals surface area contributed by atoms with Gasteiger partial charge in [-0.15, -0.1) is 12.4 Å². The molecule has 0 atom stereocenters. The summed E-state index contributed by atoms with van der Waals surface area (Å²) >= 11 is 0. The fourth-order valence-electron chi connectivity index (χ4n) is 2.23. The van der Waals surface area contributed by atoms with Crippen LogP contribution in [0.5, 0.6) is 5.75 Å². The molecule has 2 rings (SSSR count). The number of nitrogen functional groups attached to an aromatic ring is 1. The molecule has 2 aromatic carbocycles. The molecule has 23 heavy (non-hydrogen) atoms. The number of rotatable bonds is 5. The van der Waals surface area contributed by atoms with Gasteiger partial charge >= 0.3 is 0 Å². The third kappa shape index (κ3) is 4.89. The van der Waals surface area contributed by atoms with Gasteiger partial charge in [-0.3, -0.25) is 4.79 Å². The zero-order chi connectivity index (χ0) is 16.2. The van der Waals surface area contributed by atoms with Crippen molar-refractivity contribution in [1.29, 1.82) is 0 Å². The number of halogens is 1. The number of anilines is 1. The van der Waals surface area contributed by atoms with E-state index in [2.05, 4.69) is 19.2 Å². The molecule has 0 aromatic heterocycles. The Morgan fingerprint density at radius 2 is 1.83 bits per heavy atom. The van der Waals surface area contributed by atoms with Crippen LogP contribution in [0.1, 0.15) is 29.8 Å². The number of amides is 1. The molecule has 0 saturated heterocycles. The summed E-state index contributed by atoms with van der Waals surface area (Å²) in [5.74, 6) is 0.706. The number of methoxy groups -OCH3 is 1. The Morgan fingerprint density at radius 3 is 2.39 bits per heavy atom. The molecule has 0 spiro atoms. The first-order chi connectivity index (χ1) is 10.4. The Hall–Kier alpha value is -2.20. The highest BCUT2D eigenvalue weighted by Crippen LogP contribution is 2.24. The molecule has 0 saturated carbocycles. The van der Waals surface area contributed by atoms with E-state index in [1.807, 2.05) is 24.3 Å². The van der Waals surface area contributed by atoms with Gasteiger partial charge in [0.05, 0.1) is 7.11 Å². The van der Waals surface area contributed by atoms with Crippen molar-refractivity contribution in [2.75, 3.05) is 19.4 Å². The van der Waals surface area contributed by atoms with Crippen LogP contribution in [0.25, 0.3) is 0 Å². The van der Waals surface area contributed by atoms with E-state index in [0.717, 1.165) is 11.3 Å². The molecule has 1 amide bonds. The number of nitrogens with one attached hydrogen (secondary N) is 1. The van der Waals surface area contributed by atoms with Crippen molar-refractivity contribution < 1.29 is 9.53 Å². The second kappa shape index (κ2) is 7.88. The lowest BCUT2D eigenvalue weighted by Crippen LogP contribution is -2.36. The normalized spacial score (nSPS) is 10.6. The van der Waals surface area contributed by atoms with Crippen molar-refractivity contribution in [3.05, 3.63) is 59.7 Å². The summed E-state index contributed by atoms with van der Waals surface area (Å²) in [6.45, 7) is 4.72. The summed E-state index contributed by atoms with van der Waals surface area (Å²) in [4.78, 5) is 12.2. The maximum Gasteiger partial charge on any atom is 0.251 e. The number of ether oxygens (including phenoxy) is 1. The molecule has 0 bridgehead atoms. The van der Waals surface area contributed by atoms with Crippen LogP contribution in [-0.4, -0.2) is 19.6 Å². The lowest BCUT2D eigenvalue weighted by Gasteiger charge is -2.26. The lowest BCUT2D eigenvalue weighted by atomic mass is 9.84. The number of nitrogens with two attached hydrogens (primary N) is 1. The average Bonchev–Trinajstić information content (AvgIpc) is 2.52. The van der Waals surface area contributed by atoms with E-state index in [1.165, 1.54) is 0 Å². The van der Waals surface area contributed by atoms with Gasteiger partial charge in [0.2, 0.25) is 0 Å². The highest BCUT2D eigenvalue weighted by Gasteiger charge is 2.21. The first kappa shape index (κ1) is 18.8. The second-order valence-corrected chi connectivity index (χ2v) is 5.92. The molecule has 124 valence electrons. The maximum atomic E-state index is 12.2. The molecule has 0 radical (unpaired) electrons. The van der Waals surface area contributed by atoms with Gasteiger partial charge in [0, 0.05) is 23.2 Å². The summed E-state index contributed by atoms with van der Waals surface area (Å²) < 4.78 is 5.17. The van der Waals surface area contributed by atoms with Crippen LogP contribution in [0.3, 0.4) is 0 Å². The summed E-state index contributed by atoms with van der Waals surface area (Å²) in [5, 5.41) is 2.97. The average molecular weight is 335 g/mol. The highest BCUT2D eigenvalue weighted by atomic mass is 35.5. The van der Waals surface area contributed by atoms with E-state index >= 15 is 0 Å². The minimum absolute atomic E-state index is 0. The number of hydrogen-bond acceptors (Lipinski definition) is 3. The first-order valence-corrected chi connectivity index (χ1v) is 7.21. The van der Waals surface area contributed by atoms with Crippen LogP contribution in [0.15, 0.2) is 48.5 Å². The topological polar surface area (TPSA) is 64.3 Å². The predicted molar refractivity (Wildman–Crippen MR) is 96.5 cm³/mol. The molecule has 0 heterocycles. The molecule has 4 nitrogen and oxygen atoms in total. The van der Waals surface area contributed by atoms with Crippen LogP contribution >= 0.6 is 12.4 Å². The van der Waals surface area contributed by atoms with Crippen LogP contribution in [0.4, 0.5) is 5.69 Å². The number of carbonyl (C=O) groups excluding carboxylic acids is 1. The highest BCUT2D eigenvalue weighted by molar-refractivity contribution is 5.95. The van der Waals surface area contributed by atoms with Crippen molar-refractivity contribution in [3.63, 3.8) is 0 Å². The van der Waals surface area contributed by atoms with Gasteiger partial charge in [-0.05, 0) is 35.9 Å². The minimum Gasteiger partial charge on any atom is -0.497 e. The number of benzene rings is 2. The Kier molecular flexibility index (Phi) is 6.46. The van der Waals surface area contributed by atoms with Crippen LogP contribution in [0.2, 0.25) is 0 Å². The van der Waals surface area contributed by atoms with E-state index < -0.39 is 0 Å². The van der Waals surface area contributed by atoms with Gasteiger partial charge in [0.25, 0.3) is 5.91 Å². The Labute approximate surface area is 143 Å². The molecule has 0 aliphatic carbocycles. The van der Waals surface area contributed by atoms with Gasteiger partial charge in [-0.25, -0.2) is 0 Å². The van der Waals surface area contributed by atoms with Crippen LogP contribution < -0.4 is 15.8 Å². The van der Waals surface area contributed by atoms with E-state index in [-0.39, 0.29) is 23.7 Å². The maximum absolute atomic E-state index is 12.2. The zero-order valence-electron chi connectivity index (χ0n) is 13.6. The predicted octanol–water partition coefficient (Wildman–Crippen LogP) is 3.41. The summed E-state index contributed by atoms with van der Waals surface area (Å²) in [6.07, 6.45) is 0. The Morgan fingerprint density at radius 1 is 1.17 bits per heavy atom. The summed E-state index contributed by atoms with van der Waals surface area (Å²) in [5.41, 5.74) is 7.83. The standard InChI is InChI=1S/C18H22N2O2.ClH/c1-18(2,14-7-9-16(22-3)10-8-14)12-20-17(21)13-5-4-6-15(19)11-13;/h4-11H,12,19H2,1-3H3,(H,20,21);1H. The van der Waals surface area contributed by atoms with Crippen LogP contribution in [-0.2, 0) is 5.41 Å². The van der Waals surface area contributed by atoms with Crippen molar-refractivity contribution in [3.8, 4) is 5.75 Å². The van der Waals surface area contributed by atoms with Crippen molar-refractivity contribution in [2.45, 2.75) is 19.3 Å². The fraction of sp³-hybridized carbons (Fsp3) is 0.278. The monoisotopic (exact) mass is 334 g/mol. The van der Waals surface area contributed by atoms with E-state index in [0.29, 0.717) is 17.8 Å². The molecule has 2 aromatic rings. The molecule has 0 aliphatic heterocycles. The van der Waals surface area contributed by atoms with Crippen molar-refractivity contribution >= 4 is 24.0 Å². The summed E-state index contributed by atoms with van der Waals surface area (Å²) in [7, 11) is 1.64. The minimum atomic E-state index is -0.178. The third-order valence-corrected chi connectivity index (χ3v) is 3.71. The molecule has 0 fully saturated rings. The van der Waals surface area contributed by atoms with Crippen molar-refractivity contribution in [2.24, 2.45) is 0 Å². The van der Waals surface area contributed by atoms with Crippen LogP contribution in [0, 0.1) is 0 Å². The molecular weight excluding hydrogens is 312 g/mol. The van der Waals surface area contributed by atoms with Gasteiger partial charge in [-0.1, -0.05) is 32.0 Å². The van der Waals surface area contributed by atoms with E-state index in [9.17, 15) is 4.79 Å².